The van der Waals surface area contributed by atoms with Crippen LogP contribution < -0.4 is 5.32 Å². The van der Waals surface area contributed by atoms with Gasteiger partial charge in [0.15, 0.2) is 0 Å². The average molecular weight is 196 g/mol. The predicted octanol–water partition coefficient (Wildman–Crippen LogP) is 1.02. The van der Waals surface area contributed by atoms with Gasteiger partial charge in [-0.15, -0.1) is 0 Å². The smallest absolute Gasteiger partial charge is 0.243 e. The van der Waals surface area contributed by atoms with Gasteiger partial charge in [-0.25, -0.2) is 0 Å². The van der Waals surface area contributed by atoms with Crippen LogP contribution in [0, 0.1) is 5.92 Å². The molecule has 0 aromatic carbocycles. The Labute approximate surface area is 86.2 Å². The maximum Gasteiger partial charge on any atom is 0.243 e. The van der Waals surface area contributed by atoms with Crippen molar-refractivity contribution in [3.8, 4) is 0 Å². The van der Waals surface area contributed by atoms with Crippen LogP contribution in [0.5, 0.6) is 0 Å². The van der Waals surface area contributed by atoms with Crippen LogP contribution in [-0.4, -0.2) is 37.5 Å². The molecule has 1 fully saturated rings. The third-order valence-corrected chi connectivity index (χ3v) is 2.46. The highest BCUT2D eigenvalue weighted by molar-refractivity contribution is 5.87. The van der Waals surface area contributed by atoms with Crippen molar-refractivity contribution in [3.63, 3.8) is 0 Å². The molecule has 1 aliphatic rings. The minimum absolute atomic E-state index is 0.0451. The van der Waals surface area contributed by atoms with Gasteiger partial charge in [-0.3, -0.25) is 4.79 Å². The molecule has 1 amide bonds. The fourth-order valence-corrected chi connectivity index (χ4v) is 1.64. The van der Waals surface area contributed by atoms with Gasteiger partial charge in [0.1, 0.15) is 0 Å². The van der Waals surface area contributed by atoms with Gasteiger partial charge >= 0.3 is 0 Å². The van der Waals surface area contributed by atoms with Crippen LogP contribution in [0.15, 0.2) is 12.2 Å². The second kappa shape index (κ2) is 5.15. The van der Waals surface area contributed by atoms with Crippen molar-refractivity contribution in [3.05, 3.63) is 12.2 Å². The Morgan fingerprint density at radius 3 is 2.64 bits per heavy atom. The molecule has 1 aliphatic carbocycles. The Hall–Kier alpha value is -0.830. The van der Waals surface area contributed by atoms with E-state index >= 15 is 0 Å². The first kappa shape index (κ1) is 11.2. The Kier molecular flexibility index (Phi) is 4.14. The molecule has 0 aromatic rings. The largest absolute Gasteiger partial charge is 0.350 e. The van der Waals surface area contributed by atoms with Gasteiger partial charge < -0.3 is 10.2 Å². The zero-order valence-electron chi connectivity index (χ0n) is 9.29. The quantitative estimate of drug-likeness (QED) is 0.681. The number of nitrogens with one attached hydrogen (secondary N) is 1. The molecule has 80 valence electrons. The fourth-order valence-electron chi connectivity index (χ4n) is 1.64. The number of hydrogen-bond acceptors (Lipinski definition) is 2. The second-order valence-corrected chi connectivity index (χ2v) is 4.45. The summed E-state index contributed by atoms with van der Waals surface area (Å²) in [7, 11) is 3.96. The number of hydrogen-bond donors (Lipinski definition) is 1. The van der Waals surface area contributed by atoms with Crippen LogP contribution in [0.3, 0.4) is 0 Å². The average Bonchev–Trinajstić information content (AvgIpc) is 2.00. The summed E-state index contributed by atoms with van der Waals surface area (Å²) in [6.45, 7) is 3.03. The molecule has 0 unspecified atom stereocenters. The molecular formula is C11H20N2O. The van der Waals surface area contributed by atoms with Crippen molar-refractivity contribution >= 4 is 5.91 Å². The summed E-state index contributed by atoms with van der Waals surface area (Å²) in [4.78, 5) is 13.3. The highest BCUT2D eigenvalue weighted by Gasteiger charge is 2.25. The minimum atomic E-state index is 0.0451. The second-order valence-electron chi connectivity index (χ2n) is 4.45. The van der Waals surface area contributed by atoms with Gasteiger partial charge in [-0.1, -0.05) is 13.0 Å². The molecule has 0 atom stereocenters. The molecule has 1 N–H and O–H groups in total. The summed E-state index contributed by atoms with van der Waals surface area (Å²) >= 11 is 0. The third kappa shape index (κ3) is 3.92. The van der Waals surface area contributed by atoms with E-state index in [4.69, 9.17) is 0 Å². The summed E-state index contributed by atoms with van der Waals surface area (Å²) < 4.78 is 0. The van der Waals surface area contributed by atoms with Crippen molar-refractivity contribution in [1.82, 2.24) is 10.2 Å². The molecule has 1 rings (SSSR count). The molecule has 3 nitrogen and oxygen atoms in total. The lowest BCUT2D eigenvalue weighted by Crippen LogP contribution is -2.42. The van der Waals surface area contributed by atoms with E-state index in [1.807, 2.05) is 25.1 Å². The summed E-state index contributed by atoms with van der Waals surface area (Å²) in [5.74, 6) is 0.829. The number of nitrogens with zero attached hydrogens (tertiary/aromatic N) is 1. The lowest BCUT2D eigenvalue weighted by molar-refractivity contribution is -0.117. The van der Waals surface area contributed by atoms with E-state index in [0.717, 1.165) is 25.3 Å². The molecule has 0 saturated heterocycles. The third-order valence-electron chi connectivity index (χ3n) is 2.46. The predicted molar refractivity (Wildman–Crippen MR) is 58.0 cm³/mol. The topological polar surface area (TPSA) is 32.3 Å². The van der Waals surface area contributed by atoms with Crippen molar-refractivity contribution in [2.24, 2.45) is 5.92 Å². The minimum Gasteiger partial charge on any atom is -0.350 e. The van der Waals surface area contributed by atoms with Crippen LogP contribution in [0.2, 0.25) is 0 Å². The van der Waals surface area contributed by atoms with E-state index in [0.29, 0.717) is 6.04 Å². The molecular weight excluding hydrogens is 176 g/mol. The summed E-state index contributed by atoms with van der Waals surface area (Å²) in [6.07, 6.45) is 5.78. The molecule has 1 saturated carbocycles. The highest BCUT2D eigenvalue weighted by Crippen LogP contribution is 2.25. The van der Waals surface area contributed by atoms with E-state index in [9.17, 15) is 4.79 Å². The summed E-state index contributed by atoms with van der Waals surface area (Å²) in [5.41, 5.74) is 0. The van der Waals surface area contributed by atoms with Gasteiger partial charge in [-0.05, 0) is 32.9 Å². The fraction of sp³-hybridized carbons (Fsp3) is 0.727. The Bertz CT molecular complexity index is 217. The van der Waals surface area contributed by atoms with E-state index < -0.39 is 0 Å². The molecule has 0 aromatic heterocycles. The van der Waals surface area contributed by atoms with Crippen LogP contribution in [0.1, 0.15) is 19.8 Å². The van der Waals surface area contributed by atoms with Crippen molar-refractivity contribution in [2.45, 2.75) is 25.8 Å². The Morgan fingerprint density at radius 1 is 1.50 bits per heavy atom. The molecule has 0 radical (unpaired) electrons. The lowest BCUT2D eigenvalue weighted by Gasteiger charge is -2.32. The first-order chi connectivity index (χ1) is 6.58. The lowest BCUT2D eigenvalue weighted by atomic mass is 9.82. The number of likely N-dealkylation sites (N-methyl/N-ethyl adjacent to an activating group) is 1. The molecule has 0 spiro atoms. The normalized spacial score (nSPS) is 26.6. The van der Waals surface area contributed by atoms with Gasteiger partial charge in [0.25, 0.3) is 0 Å². The van der Waals surface area contributed by atoms with Gasteiger partial charge in [-0.2, -0.15) is 0 Å². The first-order valence-corrected chi connectivity index (χ1v) is 5.19. The first-order valence-electron chi connectivity index (χ1n) is 5.19. The highest BCUT2D eigenvalue weighted by atomic mass is 16.1. The van der Waals surface area contributed by atoms with Crippen LogP contribution in [0.4, 0.5) is 0 Å². The molecule has 0 bridgehead atoms. The number of carbonyl (C=O) groups excluding carboxylic acids is 1. The molecule has 0 heterocycles. The number of carbonyl (C=O) groups is 1. The summed E-state index contributed by atoms with van der Waals surface area (Å²) in [6, 6.07) is 0.418. The molecule has 0 aliphatic heterocycles. The van der Waals surface area contributed by atoms with E-state index in [-0.39, 0.29) is 5.91 Å². The van der Waals surface area contributed by atoms with E-state index in [1.54, 1.807) is 6.08 Å². The van der Waals surface area contributed by atoms with Crippen LogP contribution >= 0.6 is 0 Å². The Balaban J connectivity index is 2.13. The van der Waals surface area contributed by atoms with Crippen molar-refractivity contribution in [1.29, 1.82) is 0 Å². The number of amides is 1. The maximum absolute atomic E-state index is 11.3. The van der Waals surface area contributed by atoms with E-state index in [1.165, 1.54) is 0 Å². The van der Waals surface area contributed by atoms with Crippen molar-refractivity contribution in [2.75, 3.05) is 20.6 Å². The van der Waals surface area contributed by atoms with Gasteiger partial charge in [0, 0.05) is 18.7 Å². The SMILES string of the molecule is CC1CC(NC(=O)/C=C/CN(C)C)C1. The molecule has 3 heteroatoms. The van der Waals surface area contributed by atoms with Crippen LogP contribution in [0.25, 0.3) is 0 Å². The van der Waals surface area contributed by atoms with Gasteiger partial charge in [0.05, 0.1) is 0 Å². The van der Waals surface area contributed by atoms with Crippen LogP contribution in [-0.2, 0) is 4.79 Å². The van der Waals surface area contributed by atoms with Gasteiger partial charge in [0.2, 0.25) is 5.91 Å². The monoisotopic (exact) mass is 196 g/mol. The standard InChI is InChI=1S/C11H20N2O/c1-9-7-10(8-9)12-11(14)5-4-6-13(2)3/h4-5,9-10H,6-8H2,1-3H3,(H,12,14)/b5-4+. The van der Waals surface area contributed by atoms with E-state index in [2.05, 4.69) is 12.2 Å². The zero-order valence-corrected chi connectivity index (χ0v) is 9.29. The number of rotatable bonds is 4. The molecule has 14 heavy (non-hydrogen) atoms. The Morgan fingerprint density at radius 2 is 2.14 bits per heavy atom. The zero-order chi connectivity index (χ0) is 10.6. The summed E-state index contributed by atoms with van der Waals surface area (Å²) in [5, 5.41) is 2.98. The maximum atomic E-state index is 11.3. The van der Waals surface area contributed by atoms with Crippen molar-refractivity contribution < 1.29 is 4.79 Å².